The first kappa shape index (κ1) is 18.9. The van der Waals surface area contributed by atoms with Crippen LogP contribution >= 0.6 is 34.8 Å². The van der Waals surface area contributed by atoms with E-state index in [1.54, 1.807) is 12.3 Å². The SMILES string of the molecule is O=S(=O)(c1c(Cl)cccc1Cl)N1CCN(c2ccc3occc3c2Cl)CC1. The lowest BCUT2D eigenvalue weighted by atomic mass is 10.2. The largest absolute Gasteiger partial charge is 0.464 e. The van der Waals surface area contributed by atoms with E-state index in [9.17, 15) is 8.42 Å². The molecule has 1 fully saturated rings. The molecule has 0 amide bonds. The van der Waals surface area contributed by atoms with E-state index in [2.05, 4.69) is 4.90 Å². The van der Waals surface area contributed by atoms with Gasteiger partial charge in [-0.15, -0.1) is 0 Å². The molecular formula is C18H15Cl3N2O3S. The Morgan fingerprint density at radius 1 is 0.889 bits per heavy atom. The molecule has 0 unspecified atom stereocenters. The minimum atomic E-state index is -3.77. The van der Waals surface area contributed by atoms with Crippen molar-refractivity contribution < 1.29 is 12.8 Å². The summed E-state index contributed by atoms with van der Waals surface area (Å²) in [6, 6.07) is 10.2. The molecule has 1 aliphatic rings. The maximum absolute atomic E-state index is 13.0. The maximum atomic E-state index is 13.0. The van der Waals surface area contributed by atoms with Crippen molar-refractivity contribution in [2.75, 3.05) is 31.1 Å². The first-order valence-electron chi connectivity index (χ1n) is 8.24. The second-order valence-electron chi connectivity index (χ2n) is 6.17. The summed E-state index contributed by atoms with van der Waals surface area (Å²) in [6.07, 6.45) is 1.60. The molecule has 0 spiro atoms. The Bertz CT molecular complexity index is 1090. The molecule has 0 N–H and O–H groups in total. The smallest absolute Gasteiger partial charge is 0.246 e. The average molecular weight is 446 g/mol. The lowest BCUT2D eigenvalue weighted by Crippen LogP contribution is -2.48. The maximum Gasteiger partial charge on any atom is 0.246 e. The summed E-state index contributed by atoms with van der Waals surface area (Å²) < 4.78 is 32.7. The molecule has 1 aliphatic heterocycles. The van der Waals surface area contributed by atoms with E-state index in [1.165, 1.54) is 16.4 Å². The summed E-state index contributed by atoms with van der Waals surface area (Å²) in [5, 5.41) is 1.69. The minimum Gasteiger partial charge on any atom is -0.464 e. The monoisotopic (exact) mass is 444 g/mol. The molecule has 0 saturated carbocycles. The van der Waals surface area contributed by atoms with Gasteiger partial charge in [0.25, 0.3) is 0 Å². The second kappa shape index (κ2) is 7.18. The number of hydrogen-bond donors (Lipinski definition) is 0. The molecule has 0 bridgehead atoms. The molecule has 4 rings (SSSR count). The third-order valence-corrected chi connectivity index (χ3v) is 7.90. The third kappa shape index (κ3) is 3.30. The van der Waals surface area contributed by atoms with Crippen LogP contribution in [0.1, 0.15) is 0 Å². The fourth-order valence-electron chi connectivity index (χ4n) is 3.27. The number of furan rings is 1. The fourth-order valence-corrected chi connectivity index (χ4v) is 6.12. The van der Waals surface area contributed by atoms with Gasteiger partial charge in [0.05, 0.1) is 27.0 Å². The van der Waals surface area contributed by atoms with Gasteiger partial charge in [0.2, 0.25) is 10.0 Å². The summed E-state index contributed by atoms with van der Waals surface area (Å²) in [5.74, 6) is 0. The molecule has 0 aliphatic carbocycles. The number of benzene rings is 2. The van der Waals surface area contributed by atoms with E-state index < -0.39 is 10.0 Å². The molecule has 27 heavy (non-hydrogen) atoms. The number of anilines is 1. The van der Waals surface area contributed by atoms with Crippen molar-refractivity contribution in [2.24, 2.45) is 0 Å². The molecule has 2 heterocycles. The van der Waals surface area contributed by atoms with Gasteiger partial charge in [-0.2, -0.15) is 4.31 Å². The molecule has 0 radical (unpaired) electrons. The minimum absolute atomic E-state index is 0.0420. The molecular weight excluding hydrogens is 431 g/mol. The third-order valence-electron chi connectivity index (χ3n) is 4.65. The van der Waals surface area contributed by atoms with Gasteiger partial charge >= 0.3 is 0 Å². The number of nitrogens with zero attached hydrogens (tertiary/aromatic N) is 2. The van der Waals surface area contributed by atoms with Crippen molar-refractivity contribution in [2.45, 2.75) is 4.90 Å². The Kier molecular flexibility index (Phi) is 5.03. The van der Waals surface area contributed by atoms with Crippen molar-refractivity contribution in [3.63, 3.8) is 0 Å². The predicted molar refractivity (Wildman–Crippen MR) is 109 cm³/mol. The highest BCUT2D eigenvalue weighted by Gasteiger charge is 2.32. The van der Waals surface area contributed by atoms with Gasteiger partial charge in [-0.3, -0.25) is 0 Å². The molecule has 0 atom stereocenters. The van der Waals surface area contributed by atoms with E-state index in [4.69, 9.17) is 39.2 Å². The van der Waals surface area contributed by atoms with Crippen molar-refractivity contribution in [3.05, 3.63) is 57.7 Å². The summed E-state index contributed by atoms with van der Waals surface area (Å²) in [5.41, 5.74) is 1.58. The Labute approximate surface area is 172 Å². The van der Waals surface area contributed by atoms with E-state index in [-0.39, 0.29) is 14.9 Å². The van der Waals surface area contributed by atoms with Gasteiger partial charge in [-0.05, 0) is 30.3 Å². The molecule has 142 valence electrons. The standard InChI is InChI=1S/C18H15Cl3N2O3S/c19-13-2-1-3-14(20)18(13)27(24,25)23-9-7-22(8-10-23)15-4-5-16-12(17(15)21)6-11-26-16/h1-6,11H,7-10H2. The topological polar surface area (TPSA) is 53.8 Å². The number of rotatable bonds is 3. The van der Waals surface area contributed by atoms with Gasteiger partial charge in [0.15, 0.2) is 0 Å². The quantitative estimate of drug-likeness (QED) is 0.575. The zero-order chi connectivity index (χ0) is 19.2. The van der Waals surface area contributed by atoms with Crippen molar-refractivity contribution in [1.82, 2.24) is 4.31 Å². The Balaban J connectivity index is 1.57. The first-order chi connectivity index (χ1) is 12.9. The summed E-state index contributed by atoms with van der Waals surface area (Å²) in [6.45, 7) is 1.63. The van der Waals surface area contributed by atoms with Gasteiger partial charge in [0, 0.05) is 31.6 Å². The van der Waals surface area contributed by atoms with Crippen LogP contribution in [0.25, 0.3) is 11.0 Å². The molecule has 9 heteroatoms. The van der Waals surface area contributed by atoms with E-state index >= 15 is 0 Å². The van der Waals surface area contributed by atoms with Crippen LogP contribution in [0, 0.1) is 0 Å². The van der Waals surface area contributed by atoms with E-state index in [1.807, 2.05) is 18.2 Å². The highest BCUT2D eigenvalue weighted by atomic mass is 35.5. The lowest BCUT2D eigenvalue weighted by Gasteiger charge is -2.36. The number of piperazine rings is 1. The number of fused-ring (bicyclic) bond motifs is 1. The van der Waals surface area contributed by atoms with Crippen molar-refractivity contribution >= 4 is 61.5 Å². The highest BCUT2D eigenvalue weighted by molar-refractivity contribution is 7.89. The molecule has 5 nitrogen and oxygen atoms in total. The predicted octanol–water partition coefficient (Wildman–Crippen LogP) is 4.90. The van der Waals surface area contributed by atoms with Crippen LogP contribution in [0.2, 0.25) is 15.1 Å². The Morgan fingerprint density at radius 3 is 2.22 bits per heavy atom. The van der Waals surface area contributed by atoms with Crippen LogP contribution in [0.5, 0.6) is 0 Å². The highest BCUT2D eigenvalue weighted by Crippen LogP contribution is 2.36. The van der Waals surface area contributed by atoms with E-state index in [0.29, 0.717) is 31.2 Å². The summed E-state index contributed by atoms with van der Waals surface area (Å²) >= 11 is 18.7. The van der Waals surface area contributed by atoms with Gasteiger partial charge < -0.3 is 9.32 Å². The number of sulfonamides is 1. The van der Waals surface area contributed by atoms with Gasteiger partial charge in [0.1, 0.15) is 10.5 Å². The van der Waals surface area contributed by atoms with Crippen LogP contribution in [0.4, 0.5) is 5.69 Å². The fraction of sp³-hybridized carbons (Fsp3) is 0.222. The Morgan fingerprint density at radius 2 is 1.56 bits per heavy atom. The van der Waals surface area contributed by atoms with Crippen LogP contribution in [0.3, 0.4) is 0 Å². The van der Waals surface area contributed by atoms with Crippen LogP contribution in [-0.4, -0.2) is 38.9 Å². The zero-order valence-corrected chi connectivity index (χ0v) is 17.1. The second-order valence-corrected chi connectivity index (χ2v) is 9.24. The zero-order valence-electron chi connectivity index (χ0n) is 14.0. The first-order valence-corrected chi connectivity index (χ1v) is 10.8. The summed E-state index contributed by atoms with van der Waals surface area (Å²) in [7, 11) is -3.77. The van der Waals surface area contributed by atoms with E-state index in [0.717, 1.165) is 16.7 Å². The van der Waals surface area contributed by atoms with Crippen LogP contribution < -0.4 is 4.90 Å². The summed E-state index contributed by atoms with van der Waals surface area (Å²) in [4.78, 5) is 2.02. The molecule has 2 aromatic carbocycles. The lowest BCUT2D eigenvalue weighted by molar-refractivity contribution is 0.385. The van der Waals surface area contributed by atoms with Crippen molar-refractivity contribution in [3.8, 4) is 0 Å². The molecule has 3 aromatic rings. The number of hydrogen-bond acceptors (Lipinski definition) is 4. The van der Waals surface area contributed by atoms with Crippen LogP contribution in [-0.2, 0) is 10.0 Å². The average Bonchev–Trinajstić information content (AvgIpc) is 3.11. The van der Waals surface area contributed by atoms with Crippen LogP contribution in [0.15, 0.2) is 52.0 Å². The van der Waals surface area contributed by atoms with Gasteiger partial charge in [-0.25, -0.2) is 8.42 Å². The molecule has 1 aromatic heterocycles. The van der Waals surface area contributed by atoms with Crippen molar-refractivity contribution in [1.29, 1.82) is 0 Å². The normalized spacial score (nSPS) is 16.2. The molecule has 1 saturated heterocycles. The number of halogens is 3. The van der Waals surface area contributed by atoms with Gasteiger partial charge in [-0.1, -0.05) is 40.9 Å². The Hall–Kier alpha value is -1.44.